The van der Waals surface area contributed by atoms with Crippen molar-refractivity contribution in [3.8, 4) is 0 Å². The molecule has 4 rings (SSSR count). The summed E-state index contributed by atoms with van der Waals surface area (Å²) in [6.07, 6.45) is 6.68. The molecule has 1 aromatic heterocycles. The minimum atomic E-state index is 0.653. The van der Waals surface area contributed by atoms with Gasteiger partial charge in [0.05, 0.1) is 11.4 Å². The summed E-state index contributed by atoms with van der Waals surface area (Å²) in [5, 5.41) is 5.36. The highest BCUT2D eigenvalue weighted by Gasteiger charge is 2.30. The van der Waals surface area contributed by atoms with Crippen LogP contribution >= 0.6 is 12.2 Å². The number of rotatable bonds is 1. The number of piperazine rings is 1. The monoisotopic (exact) mass is 358 g/mol. The summed E-state index contributed by atoms with van der Waals surface area (Å²) >= 11 is 5.62. The molecule has 3 aliphatic rings. The number of pyridine rings is 1. The number of hydrazone groups is 1. The van der Waals surface area contributed by atoms with E-state index in [1.165, 1.54) is 25.8 Å². The summed E-state index contributed by atoms with van der Waals surface area (Å²) in [6.45, 7) is 5.32. The van der Waals surface area contributed by atoms with Crippen LogP contribution in [0.5, 0.6) is 0 Å². The fraction of sp³-hybridized carbons (Fsp3) is 0.611. The van der Waals surface area contributed by atoms with Crippen LogP contribution in [0.25, 0.3) is 0 Å². The van der Waals surface area contributed by atoms with Gasteiger partial charge in [-0.15, -0.1) is 0 Å². The van der Waals surface area contributed by atoms with Gasteiger partial charge in [-0.2, -0.15) is 5.10 Å². The number of aromatic nitrogens is 1. The predicted molar refractivity (Wildman–Crippen MR) is 105 cm³/mol. The number of thiocarbonyl (C=S) groups is 1. The number of anilines is 1. The Balaban J connectivity index is 1.42. The fourth-order valence-corrected chi connectivity index (χ4v) is 4.29. The first kappa shape index (κ1) is 16.7. The SMILES string of the molecule is CN1CC/C(=N/NC(=S)N2CCN3CCCCC3C2)c2ncccc21. The van der Waals surface area contributed by atoms with E-state index in [1.807, 2.05) is 12.3 Å². The van der Waals surface area contributed by atoms with Crippen LogP contribution in [-0.4, -0.2) is 71.4 Å². The molecule has 0 aliphatic carbocycles. The molecule has 0 saturated carbocycles. The van der Waals surface area contributed by atoms with Gasteiger partial charge in [-0.05, 0) is 43.7 Å². The molecule has 0 aromatic carbocycles. The lowest BCUT2D eigenvalue weighted by Crippen LogP contribution is -2.57. The maximum atomic E-state index is 5.62. The van der Waals surface area contributed by atoms with Crippen molar-refractivity contribution >= 4 is 28.7 Å². The molecule has 0 radical (unpaired) electrons. The first-order chi connectivity index (χ1) is 12.2. The lowest BCUT2D eigenvalue weighted by Gasteiger charge is -2.44. The lowest BCUT2D eigenvalue weighted by atomic mass is 10.00. The number of hydrogen-bond acceptors (Lipinski definition) is 5. The maximum absolute atomic E-state index is 5.62. The minimum absolute atomic E-state index is 0.653. The van der Waals surface area contributed by atoms with Crippen LogP contribution < -0.4 is 10.3 Å². The molecular formula is C18H26N6S. The number of fused-ring (bicyclic) bond motifs is 2. The number of nitrogens with zero attached hydrogens (tertiary/aromatic N) is 5. The van der Waals surface area contributed by atoms with E-state index >= 15 is 0 Å². The maximum Gasteiger partial charge on any atom is 0.189 e. The molecule has 0 spiro atoms. The molecule has 7 heteroatoms. The van der Waals surface area contributed by atoms with Gasteiger partial charge in [-0.1, -0.05) is 6.42 Å². The summed E-state index contributed by atoms with van der Waals surface area (Å²) in [5.41, 5.74) is 6.23. The zero-order chi connectivity index (χ0) is 17.2. The van der Waals surface area contributed by atoms with Crippen molar-refractivity contribution in [1.29, 1.82) is 0 Å². The Morgan fingerprint density at radius 3 is 3.12 bits per heavy atom. The second kappa shape index (κ2) is 7.25. The Morgan fingerprint density at radius 2 is 2.20 bits per heavy atom. The summed E-state index contributed by atoms with van der Waals surface area (Å²) in [4.78, 5) is 11.6. The molecule has 0 bridgehead atoms. The Labute approximate surface area is 154 Å². The summed E-state index contributed by atoms with van der Waals surface area (Å²) in [6, 6.07) is 4.72. The molecule has 1 N–H and O–H groups in total. The summed E-state index contributed by atoms with van der Waals surface area (Å²) < 4.78 is 0. The molecule has 2 fully saturated rings. The fourth-order valence-electron chi connectivity index (χ4n) is 4.07. The van der Waals surface area contributed by atoms with E-state index in [2.05, 4.69) is 43.3 Å². The van der Waals surface area contributed by atoms with E-state index in [9.17, 15) is 0 Å². The number of hydrogen-bond donors (Lipinski definition) is 1. The highest BCUT2D eigenvalue weighted by Crippen LogP contribution is 2.24. The molecule has 134 valence electrons. The third-order valence-electron chi connectivity index (χ3n) is 5.57. The van der Waals surface area contributed by atoms with Crippen LogP contribution in [0.15, 0.2) is 23.4 Å². The van der Waals surface area contributed by atoms with Gasteiger partial charge in [0.1, 0.15) is 5.69 Å². The first-order valence-electron chi connectivity index (χ1n) is 9.24. The van der Waals surface area contributed by atoms with Gasteiger partial charge in [-0.3, -0.25) is 15.3 Å². The number of nitrogens with one attached hydrogen (secondary N) is 1. The van der Waals surface area contributed by atoms with Crippen LogP contribution in [0.4, 0.5) is 5.69 Å². The molecule has 25 heavy (non-hydrogen) atoms. The minimum Gasteiger partial charge on any atom is -0.372 e. The smallest absolute Gasteiger partial charge is 0.189 e. The molecule has 1 unspecified atom stereocenters. The van der Waals surface area contributed by atoms with E-state index in [4.69, 9.17) is 12.2 Å². The molecule has 6 nitrogen and oxygen atoms in total. The van der Waals surface area contributed by atoms with Crippen molar-refractivity contribution in [2.24, 2.45) is 5.10 Å². The molecule has 1 atom stereocenters. The van der Waals surface area contributed by atoms with Crippen LogP contribution in [0, 0.1) is 0 Å². The van der Waals surface area contributed by atoms with E-state index in [-0.39, 0.29) is 0 Å². The predicted octanol–water partition coefficient (Wildman–Crippen LogP) is 1.67. The topological polar surface area (TPSA) is 47.0 Å². The summed E-state index contributed by atoms with van der Waals surface area (Å²) in [5.74, 6) is 0. The standard InChI is InChI=1S/C18H26N6S/c1-22-10-7-15(17-16(22)6-4-8-19-17)20-21-18(25)24-12-11-23-9-3-2-5-14(23)13-24/h4,6,8,14H,2-3,5,7,9-13H2,1H3,(H,21,25)/b20-15-. The second-order valence-electron chi connectivity index (χ2n) is 7.15. The average Bonchev–Trinajstić information content (AvgIpc) is 2.67. The van der Waals surface area contributed by atoms with Gasteiger partial charge in [0.2, 0.25) is 0 Å². The van der Waals surface area contributed by atoms with Crippen molar-refractivity contribution in [2.75, 3.05) is 44.7 Å². The van der Waals surface area contributed by atoms with Gasteiger partial charge >= 0.3 is 0 Å². The van der Waals surface area contributed by atoms with Crippen LogP contribution in [0.1, 0.15) is 31.4 Å². The largest absolute Gasteiger partial charge is 0.372 e. The molecular weight excluding hydrogens is 332 g/mol. The molecule has 0 amide bonds. The van der Waals surface area contributed by atoms with E-state index in [0.717, 1.165) is 54.8 Å². The highest BCUT2D eigenvalue weighted by atomic mass is 32.1. The van der Waals surface area contributed by atoms with Crippen LogP contribution in [0.2, 0.25) is 0 Å². The molecule has 1 aromatic rings. The van der Waals surface area contributed by atoms with Gasteiger partial charge < -0.3 is 9.80 Å². The van der Waals surface area contributed by atoms with Crippen molar-refractivity contribution in [3.63, 3.8) is 0 Å². The van der Waals surface area contributed by atoms with E-state index < -0.39 is 0 Å². The lowest BCUT2D eigenvalue weighted by molar-refractivity contribution is 0.0799. The van der Waals surface area contributed by atoms with E-state index in [0.29, 0.717) is 6.04 Å². The Bertz CT molecular complexity index is 675. The third kappa shape index (κ3) is 3.48. The van der Waals surface area contributed by atoms with Gasteiger partial charge in [-0.25, -0.2) is 0 Å². The summed E-state index contributed by atoms with van der Waals surface area (Å²) in [7, 11) is 2.10. The highest BCUT2D eigenvalue weighted by molar-refractivity contribution is 7.80. The molecule has 2 saturated heterocycles. The Kier molecular flexibility index (Phi) is 4.85. The van der Waals surface area contributed by atoms with Gasteiger partial charge in [0.15, 0.2) is 5.11 Å². The molecule has 4 heterocycles. The van der Waals surface area contributed by atoms with Gasteiger partial charge in [0.25, 0.3) is 0 Å². The second-order valence-corrected chi connectivity index (χ2v) is 7.54. The molecule has 3 aliphatic heterocycles. The third-order valence-corrected chi connectivity index (χ3v) is 5.92. The van der Waals surface area contributed by atoms with Crippen molar-refractivity contribution in [1.82, 2.24) is 20.2 Å². The van der Waals surface area contributed by atoms with Crippen LogP contribution in [-0.2, 0) is 0 Å². The first-order valence-corrected chi connectivity index (χ1v) is 9.65. The Morgan fingerprint density at radius 1 is 1.28 bits per heavy atom. The van der Waals surface area contributed by atoms with E-state index in [1.54, 1.807) is 0 Å². The van der Waals surface area contributed by atoms with Crippen molar-refractivity contribution in [2.45, 2.75) is 31.7 Å². The van der Waals surface area contributed by atoms with Crippen molar-refractivity contribution in [3.05, 3.63) is 24.0 Å². The normalized spacial score (nSPS) is 25.5. The van der Waals surface area contributed by atoms with Crippen molar-refractivity contribution < 1.29 is 0 Å². The quantitative estimate of drug-likeness (QED) is 0.609. The van der Waals surface area contributed by atoms with Crippen LogP contribution in [0.3, 0.4) is 0 Å². The average molecular weight is 359 g/mol. The van der Waals surface area contributed by atoms with Gasteiger partial charge in [0, 0.05) is 51.9 Å². The zero-order valence-corrected chi connectivity index (χ0v) is 15.6. The zero-order valence-electron chi connectivity index (χ0n) is 14.8. The Hall–Kier alpha value is -1.73. The number of piperidine rings is 1.